The van der Waals surface area contributed by atoms with E-state index < -0.39 is 23.8 Å². The molecule has 0 saturated carbocycles. The van der Waals surface area contributed by atoms with E-state index in [4.69, 9.17) is 10.2 Å². The Hall–Kier alpha value is -1.18. The fourth-order valence-electron chi connectivity index (χ4n) is 0.361. The van der Waals surface area contributed by atoms with Crippen LogP contribution in [0.5, 0.6) is 0 Å². The lowest BCUT2D eigenvalue weighted by Gasteiger charge is -1.96. The Balaban J connectivity index is 4.21. The largest absolute Gasteiger partial charge is 0.373 e. The second-order valence-corrected chi connectivity index (χ2v) is 2.32. The summed E-state index contributed by atoms with van der Waals surface area (Å²) < 4.78 is 0. The summed E-state index contributed by atoms with van der Waals surface area (Å²) in [5.74, 6) is 3.07. The summed E-state index contributed by atoms with van der Waals surface area (Å²) in [5, 5.41) is 17.6. The van der Waals surface area contributed by atoms with Gasteiger partial charge >= 0.3 is 0 Å². The molecule has 12 heavy (non-hydrogen) atoms. The summed E-state index contributed by atoms with van der Waals surface area (Å²) in [5.41, 5.74) is 0. The van der Waals surface area contributed by atoms with Crippen molar-refractivity contribution >= 4 is 11.6 Å². The summed E-state index contributed by atoms with van der Waals surface area (Å²) in [7, 11) is 0. The van der Waals surface area contributed by atoms with Gasteiger partial charge in [0.15, 0.2) is 23.8 Å². The fraction of sp³-hybridized carbons (Fsp3) is 0.500. The van der Waals surface area contributed by atoms with Crippen molar-refractivity contribution in [2.24, 2.45) is 0 Å². The monoisotopic (exact) mass is 170 g/mol. The highest BCUT2D eigenvalue weighted by molar-refractivity contribution is 5.85. The summed E-state index contributed by atoms with van der Waals surface area (Å²) in [6.07, 6.45) is -2.84. The minimum absolute atomic E-state index is 0.516. The number of carbonyl (C=O) groups excluding carboxylic acids is 2. The number of hydrogen-bond donors (Lipinski definition) is 2. The molecule has 0 rings (SSSR count). The van der Waals surface area contributed by atoms with Gasteiger partial charge < -0.3 is 10.2 Å². The molecule has 0 aliphatic rings. The molecule has 0 unspecified atom stereocenters. The first-order valence-corrected chi connectivity index (χ1v) is 3.33. The number of aliphatic hydroxyl groups is 2. The zero-order chi connectivity index (χ0) is 9.72. The maximum atomic E-state index is 10.4. The fourth-order valence-corrected chi connectivity index (χ4v) is 0.361. The Morgan fingerprint density at radius 1 is 1.00 bits per heavy atom. The van der Waals surface area contributed by atoms with Crippen LogP contribution in [-0.4, -0.2) is 34.0 Å². The summed E-state index contributed by atoms with van der Waals surface area (Å²) in [6.45, 7) is 2.33. The minimum Gasteiger partial charge on any atom is -0.373 e. The van der Waals surface area contributed by atoms with Crippen LogP contribution >= 0.6 is 0 Å². The number of ketones is 2. The molecule has 0 fully saturated rings. The molecular formula is C8H10O4. The predicted molar refractivity (Wildman–Crippen MR) is 41.2 cm³/mol. The van der Waals surface area contributed by atoms with Crippen LogP contribution in [0.25, 0.3) is 0 Å². The molecule has 0 aromatic heterocycles. The van der Waals surface area contributed by atoms with Crippen LogP contribution in [0.1, 0.15) is 13.8 Å². The van der Waals surface area contributed by atoms with Gasteiger partial charge in [0.05, 0.1) is 0 Å². The number of aliphatic hydroxyl groups excluding tert-OH is 2. The van der Waals surface area contributed by atoms with Gasteiger partial charge in [-0.1, -0.05) is 11.8 Å². The zero-order valence-corrected chi connectivity index (χ0v) is 6.87. The van der Waals surface area contributed by atoms with Crippen molar-refractivity contribution in [3.05, 3.63) is 0 Å². The Morgan fingerprint density at radius 2 is 1.25 bits per heavy atom. The molecule has 0 saturated heterocycles. The van der Waals surface area contributed by atoms with Gasteiger partial charge in [-0.15, -0.1) is 0 Å². The quantitative estimate of drug-likeness (QED) is 0.515. The summed E-state index contributed by atoms with van der Waals surface area (Å²) in [4.78, 5) is 20.8. The second kappa shape index (κ2) is 4.65. The molecule has 0 radical (unpaired) electrons. The predicted octanol–water partition coefficient (Wildman–Crippen LogP) is -1.11. The summed E-state index contributed by atoms with van der Waals surface area (Å²) in [6, 6.07) is 0. The number of carbonyl (C=O) groups is 2. The van der Waals surface area contributed by atoms with Crippen molar-refractivity contribution in [1.82, 2.24) is 0 Å². The standard InChI is InChI=1S/C8H10O4/c1-5(9)7(11)3-4-8(12)6(2)10/h7-8,11-12H,1-2H3/t7-,8-/m0/s1. The lowest BCUT2D eigenvalue weighted by atomic mass is 10.2. The van der Waals surface area contributed by atoms with E-state index in [-0.39, 0.29) is 0 Å². The maximum Gasteiger partial charge on any atom is 0.173 e. The lowest BCUT2D eigenvalue weighted by molar-refractivity contribution is -0.123. The van der Waals surface area contributed by atoms with E-state index in [1.807, 2.05) is 11.8 Å². The third kappa shape index (κ3) is 3.86. The number of rotatable bonds is 2. The van der Waals surface area contributed by atoms with Gasteiger partial charge in [0.1, 0.15) is 0 Å². The average Bonchev–Trinajstić information content (AvgIpc) is 1.98. The molecule has 0 aromatic rings. The van der Waals surface area contributed by atoms with Gasteiger partial charge in [0.25, 0.3) is 0 Å². The van der Waals surface area contributed by atoms with Gasteiger partial charge in [-0.05, 0) is 13.8 Å². The van der Waals surface area contributed by atoms with Crippen LogP contribution in [0.3, 0.4) is 0 Å². The number of Topliss-reactive ketones (excluding diaryl/α,β-unsaturated/α-hetero) is 2. The Labute approximate surface area is 70.2 Å². The molecule has 0 aliphatic heterocycles. The van der Waals surface area contributed by atoms with E-state index in [2.05, 4.69) is 0 Å². The van der Waals surface area contributed by atoms with E-state index in [0.717, 1.165) is 0 Å². The van der Waals surface area contributed by atoms with Crippen LogP contribution in [-0.2, 0) is 9.59 Å². The zero-order valence-electron chi connectivity index (χ0n) is 6.87. The van der Waals surface area contributed by atoms with Gasteiger partial charge in [0.2, 0.25) is 0 Å². The van der Waals surface area contributed by atoms with E-state index in [0.29, 0.717) is 0 Å². The molecule has 0 aromatic carbocycles. The highest BCUT2D eigenvalue weighted by Gasteiger charge is 2.07. The third-order valence-electron chi connectivity index (χ3n) is 1.13. The molecule has 66 valence electrons. The molecule has 0 aliphatic carbocycles. The molecule has 2 N–H and O–H groups in total. The maximum absolute atomic E-state index is 10.4. The third-order valence-corrected chi connectivity index (χ3v) is 1.13. The topological polar surface area (TPSA) is 74.6 Å². The van der Waals surface area contributed by atoms with E-state index in [9.17, 15) is 9.59 Å². The van der Waals surface area contributed by atoms with Crippen molar-refractivity contribution in [1.29, 1.82) is 0 Å². The smallest absolute Gasteiger partial charge is 0.173 e. The van der Waals surface area contributed by atoms with Crippen LogP contribution in [0.15, 0.2) is 0 Å². The normalized spacial score (nSPS) is 14.0. The van der Waals surface area contributed by atoms with Gasteiger partial charge in [-0.2, -0.15) is 0 Å². The van der Waals surface area contributed by atoms with Gasteiger partial charge in [0, 0.05) is 0 Å². The van der Waals surface area contributed by atoms with Crippen LogP contribution < -0.4 is 0 Å². The van der Waals surface area contributed by atoms with Gasteiger partial charge in [-0.25, -0.2) is 0 Å². The molecule has 4 heteroatoms. The summed E-state index contributed by atoms with van der Waals surface area (Å²) >= 11 is 0. The molecule has 4 nitrogen and oxygen atoms in total. The van der Waals surface area contributed by atoms with Crippen molar-refractivity contribution in [3.8, 4) is 11.8 Å². The highest BCUT2D eigenvalue weighted by Crippen LogP contribution is 1.85. The lowest BCUT2D eigenvalue weighted by Crippen LogP contribution is -2.18. The SMILES string of the molecule is CC(=O)[C@@H](O)C#C[C@H](O)C(C)=O. The van der Waals surface area contributed by atoms with Crippen LogP contribution in [0, 0.1) is 11.8 Å². The first kappa shape index (κ1) is 10.8. The number of hydrogen-bond acceptors (Lipinski definition) is 4. The first-order valence-electron chi connectivity index (χ1n) is 3.33. The van der Waals surface area contributed by atoms with E-state index in [1.165, 1.54) is 13.8 Å². The Kier molecular flexibility index (Phi) is 4.19. The molecule has 2 atom stereocenters. The highest BCUT2D eigenvalue weighted by atomic mass is 16.3. The van der Waals surface area contributed by atoms with Crippen molar-refractivity contribution in [3.63, 3.8) is 0 Å². The first-order chi connectivity index (χ1) is 5.45. The van der Waals surface area contributed by atoms with E-state index >= 15 is 0 Å². The van der Waals surface area contributed by atoms with Gasteiger partial charge in [-0.3, -0.25) is 9.59 Å². The Morgan fingerprint density at radius 3 is 1.42 bits per heavy atom. The average molecular weight is 170 g/mol. The second-order valence-electron chi connectivity index (χ2n) is 2.32. The molecular weight excluding hydrogens is 160 g/mol. The van der Waals surface area contributed by atoms with Crippen molar-refractivity contribution < 1.29 is 19.8 Å². The van der Waals surface area contributed by atoms with Crippen molar-refractivity contribution in [2.45, 2.75) is 26.1 Å². The van der Waals surface area contributed by atoms with Crippen molar-refractivity contribution in [2.75, 3.05) is 0 Å². The van der Waals surface area contributed by atoms with E-state index in [1.54, 1.807) is 0 Å². The van der Waals surface area contributed by atoms with Crippen LogP contribution in [0.4, 0.5) is 0 Å². The minimum atomic E-state index is -1.42. The molecule has 0 bridgehead atoms. The molecule has 0 heterocycles. The molecule has 0 amide bonds. The molecule has 0 spiro atoms. The Bertz CT molecular complexity index is 222. The van der Waals surface area contributed by atoms with Crippen LogP contribution in [0.2, 0.25) is 0 Å².